The molecule has 1 unspecified atom stereocenters. The molecular formula is C27H27N5O7. The van der Waals surface area contributed by atoms with E-state index in [0.717, 1.165) is 5.56 Å². The van der Waals surface area contributed by atoms with Gasteiger partial charge < -0.3 is 24.7 Å². The predicted molar refractivity (Wildman–Crippen MR) is 138 cm³/mol. The molecule has 1 aromatic carbocycles. The zero-order valence-electron chi connectivity index (χ0n) is 21.6. The molecule has 202 valence electrons. The molecule has 39 heavy (non-hydrogen) atoms. The summed E-state index contributed by atoms with van der Waals surface area (Å²) in [6, 6.07) is 5.39. The van der Waals surface area contributed by atoms with Gasteiger partial charge in [0.05, 0.1) is 13.7 Å². The van der Waals surface area contributed by atoms with Crippen LogP contribution in [0.25, 0.3) is 12.2 Å². The number of imide groups is 2. The van der Waals surface area contributed by atoms with Crippen LogP contribution < -0.4 is 26.0 Å². The van der Waals surface area contributed by atoms with Gasteiger partial charge in [0.1, 0.15) is 22.8 Å². The first-order chi connectivity index (χ1) is 18.5. The van der Waals surface area contributed by atoms with Gasteiger partial charge in [0.2, 0.25) is 0 Å². The largest absolute Gasteiger partial charge is 0.497 e. The third-order valence-electron chi connectivity index (χ3n) is 7.36. The number of carbonyl (C=O) groups excluding carboxylic acids is 5. The topological polar surface area (TPSA) is 159 Å². The Balaban J connectivity index is 1.54. The first-order valence-electron chi connectivity index (χ1n) is 12.3. The van der Waals surface area contributed by atoms with Gasteiger partial charge >= 0.3 is 12.1 Å². The van der Waals surface area contributed by atoms with E-state index < -0.39 is 35.0 Å². The molecule has 12 nitrogen and oxygen atoms in total. The fourth-order valence-corrected chi connectivity index (χ4v) is 5.19. The maximum atomic E-state index is 13.3. The minimum Gasteiger partial charge on any atom is -0.497 e. The highest BCUT2D eigenvalue weighted by molar-refractivity contribution is 6.10. The second-order valence-corrected chi connectivity index (χ2v) is 9.69. The van der Waals surface area contributed by atoms with Crippen molar-refractivity contribution in [3.63, 3.8) is 0 Å². The van der Waals surface area contributed by atoms with Crippen LogP contribution in [-0.2, 0) is 21.7 Å². The summed E-state index contributed by atoms with van der Waals surface area (Å²) in [7, 11) is 1.50. The summed E-state index contributed by atoms with van der Waals surface area (Å²) in [6.07, 6.45) is 3.53. The molecule has 4 heterocycles. The third kappa shape index (κ3) is 4.04. The minimum absolute atomic E-state index is 0.0776. The van der Waals surface area contributed by atoms with Crippen LogP contribution in [0.3, 0.4) is 0 Å². The molecule has 3 aliphatic heterocycles. The minimum atomic E-state index is -1.72. The van der Waals surface area contributed by atoms with Crippen LogP contribution in [0.4, 0.5) is 9.59 Å². The molecular weight excluding hydrogens is 506 g/mol. The van der Waals surface area contributed by atoms with Crippen molar-refractivity contribution >= 4 is 41.9 Å². The van der Waals surface area contributed by atoms with Crippen molar-refractivity contribution in [2.24, 2.45) is 0 Å². The van der Waals surface area contributed by atoms with Gasteiger partial charge in [-0.2, -0.15) is 0 Å². The summed E-state index contributed by atoms with van der Waals surface area (Å²) in [5.41, 5.74) is -0.754. The first-order valence-corrected chi connectivity index (χ1v) is 12.3. The lowest BCUT2D eigenvalue weighted by atomic mass is 9.88. The highest BCUT2D eigenvalue weighted by atomic mass is 16.5. The Bertz CT molecular complexity index is 1490. The number of fused-ring (bicyclic) bond motifs is 1. The highest BCUT2D eigenvalue weighted by Crippen LogP contribution is 2.36. The molecule has 2 aromatic rings. The van der Waals surface area contributed by atoms with Crippen molar-refractivity contribution in [1.82, 2.24) is 26.2 Å². The third-order valence-corrected chi connectivity index (χ3v) is 7.36. The van der Waals surface area contributed by atoms with Crippen LogP contribution in [0.2, 0.25) is 0 Å². The average molecular weight is 534 g/mol. The summed E-state index contributed by atoms with van der Waals surface area (Å²) in [6.45, 7) is 7.23. The summed E-state index contributed by atoms with van der Waals surface area (Å²) in [5.74, 6) is -0.619. The van der Waals surface area contributed by atoms with Crippen LogP contribution in [0.5, 0.6) is 5.75 Å². The first kappa shape index (κ1) is 25.8. The summed E-state index contributed by atoms with van der Waals surface area (Å²) in [4.78, 5) is 64.7. The average Bonchev–Trinajstić information content (AvgIpc) is 3.61. The molecule has 0 aliphatic carbocycles. The van der Waals surface area contributed by atoms with Crippen molar-refractivity contribution < 1.29 is 33.1 Å². The second kappa shape index (κ2) is 9.15. The van der Waals surface area contributed by atoms with E-state index in [2.05, 4.69) is 27.8 Å². The number of benzene rings is 1. The monoisotopic (exact) mass is 533 g/mol. The van der Waals surface area contributed by atoms with Gasteiger partial charge in [-0.25, -0.2) is 9.59 Å². The number of furan rings is 1. The van der Waals surface area contributed by atoms with Crippen LogP contribution >= 0.6 is 0 Å². The van der Waals surface area contributed by atoms with Crippen LogP contribution in [-0.4, -0.2) is 53.9 Å². The van der Waals surface area contributed by atoms with E-state index in [1.54, 1.807) is 37.3 Å². The van der Waals surface area contributed by atoms with Crippen molar-refractivity contribution in [2.45, 2.75) is 37.9 Å². The van der Waals surface area contributed by atoms with E-state index in [-0.39, 0.29) is 30.5 Å². The summed E-state index contributed by atoms with van der Waals surface area (Å²) < 4.78 is 11.3. The molecule has 0 spiro atoms. The van der Waals surface area contributed by atoms with Gasteiger partial charge in [-0.05, 0) is 54.8 Å². The number of hydrogen-bond acceptors (Lipinski definition) is 7. The van der Waals surface area contributed by atoms with Crippen molar-refractivity contribution in [2.75, 3.05) is 13.7 Å². The highest BCUT2D eigenvalue weighted by Gasteiger charge is 2.53. The van der Waals surface area contributed by atoms with Gasteiger partial charge in [-0.15, -0.1) is 0 Å². The van der Waals surface area contributed by atoms with E-state index in [4.69, 9.17) is 9.15 Å². The number of amides is 7. The van der Waals surface area contributed by atoms with Crippen LogP contribution in [0.1, 0.15) is 53.3 Å². The standard InChI is InChI=1S/C27H27N5O7/c1-5-16(26(3)22(34)28-24(36)30-26)9-15-10-20(39-19(15)6-2)27(23(35)29-25(37)31-27)13-32-12-14-7-8-17(38-4)11-18(14)21(32)33/h6-11H,2,5,12-13H2,1,3-4H3,(H2,28,30,34,36)(H2,29,31,35,37)/b16-9+/t26?,27-/m0/s1. The maximum Gasteiger partial charge on any atom is 0.322 e. The molecule has 3 aliphatic rings. The zero-order valence-corrected chi connectivity index (χ0v) is 21.6. The van der Waals surface area contributed by atoms with E-state index in [0.29, 0.717) is 28.9 Å². The van der Waals surface area contributed by atoms with Crippen molar-refractivity contribution in [1.29, 1.82) is 0 Å². The SMILES string of the molecule is C=Cc1oc([C@]2(CN3Cc4ccc(OC)cc4C3=O)NC(=O)NC2=O)cc1/C=C(\CC)C1(C)NC(=O)NC1=O. The summed E-state index contributed by atoms with van der Waals surface area (Å²) >= 11 is 0. The van der Waals surface area contributed by atoms with Crippen molar-refractivity contribution in [3.05, 3.63) is 64.6 Å². The van der Waals surface area contributed by atoms with E-state index >= 15 is 0 Å². The zero-order chi connectivity index (χ0) is 28.1. The van der Waals surface area contributed by atoms with E-state index in [9.17, 15) is 24.0 Å². The van der Waals surface area contributed by atoms with Crippen molar-refractivity contribution in [3.8, 4) is 5.75 Å². The van der Waals surface area contributed by atoms with Crippen LogP contribution in [0.15, 0.2) is 40.8 Å². The molecule has 0 bridgehead atoms. The van der Waals surface area contributed by atoms with E-state index in [1.807, 2.05) is 6.92 Å². The Kier molecular flexibility index (Phi) is 6.05. The molecule has 2 saturated heterocycles. The number of ether oxygens (including phenoxy) is 1. The number of urea groups is 2. The van der Waals surface area contributed by atoms with E-state index in [1.165, 1.54) is 18.1 Å². The smallest absolute Gasteiger partial charge is 0.322 e. The fourth-order valence-electron chi connectivity index (χ4n) is 5.19. The molecule has 12 heteroatoms. The molecule has 4 N–H and O–H groups in total. The molecule has 0 saturated carbocycles. The summed E-state index contributed by atoms with van der Waals surface area (Å²) in [5, 5.41) is 9.78. The lowest BCUT2D eigenvalue weighted by Crippen LogP contribution is -2.52. The Labute approximate surface area is 223 Å². The van der Waals surface area contributed by atoms with Gasteiger partial charge in [-0.1, -0.05) is 19.6 Å². The normalized spacial score (nSPS) is 24.3. The lowest BCUT2D eigenvalue weighted by molar-refractivity contribution is -0.125. The number of nitrogens with zero attached hydrogens (tertiary/aromatic N) is 1. The Morgan fingerprint density at radius 1 is 1.10 bits per heavy atom. The number of nitrogens with one attached hydrogen (secondary N) is 4. The number of hydrogen-bond donors (Lipinski definition) is 4. The van der Waals surface area contributed by atoms with Gasteiger partial charge in [-0.3, -0.25) is 25.0 Å². The Hall–Kier alpha value is -4.87. The fraction of sp³-hybridized carbons (Fsp3) is 0.296. The molecule has 7 amide bonds. The van der Waals surface area contributed by atoms with Gasteiger partial charge in [0.15, 0.2) is 5.54 Å². The number of carbonyl (C=O) groups is 5. The Morgan fingerprint density at radius 3 is 2.41 bits per heavy atom. The molecule has 1 aromatic heterocycles. The molecule has 0 radical (unpaired) electrons. The Morgan fingerprint density at radius 2 is 1.82 bits per heavy atom. The molecule has 2 fully saturated rings. The second-order valence-electron chi connectivity index (χ2n) is 9.69. The number of rotatable bonds is 8. The van der Waals surface area contributed by atoms with Crippen LogP contribution in [0, 0.1) is 0 Å². The molecule has 5 rings (SSSR count). The van der Waals surface area contributed by atoms with Gasteiger partial charge in [0, 0.05) is 17.7 Å². The predicted octanol–water partition coefficient (Wildman–Crippen LogP) is 2.01. The lowest BCUT2D eigenvalue weighted by Gasteiger charge is -2.29. The molecule has 2 atom stereocenters. The van der Waals surface area contributed by atoms with Gasteiger partial charge in [0.25, 0.3) is 17.7 Å². The number of methoxy groups -OCH3 is 1. The quantitative estimate of drug-likeness (QED) is 0.378. The maximum absolute atomic E-state index is 13.3.